The Morgan fingerprint density at radius 1 is 1.07 bits per heavy atom. The molecule has 0 saturated heterocycles. The summed E-state index contributed by atoms with van der Waals surface area (Å²) in [5.41, 5.74) is 4.68. The zero-order chi connectivity index (χ0) is 10.8. The molecule has 2 rings (SSSR count). The number of aromatic amines is 1. The fourth-order valence-electron chi connectivity index (χ4n) is 1.64. The molecule has 0 amide bonds. The van der Waals surface area contributed by atoms with Gasteiger partial charge in [-0.2, -0.15) is 0 Å². The molecule has 2 heteroatoms. The van der Waals surface area contributed by atoms with Crippen molar-refractivity contribution in [1.82, 2.24) is 4.98 Å². The largest absolute Gasteiger partial charge is 0.328 e. The Morgan fingerprint density at radius 2 is 1.87 bits per heavy atom. The summed E-state index contributed by atoms with van der Waals surface area (Å²) in [4.78, 5) is 13.6. The zero-order valence-electron chi connectivity index (χ0n) is 8.87. The molecule has 2 nitrogen and oxygen atoms in total. The smallest absolute Gasteiger partial charge is 0.247 e. The van der Waals surface area contributed by atoms with Crippen molar-refractivity contribution in [3.05, 3.63) is 58.0 Å². The van der Waals surface area contributed by atoms with Gasteiger partial charge in [-0.3, -0.25) is 4.79 Å². The summed E-state index contributed by atoms with van der Waals surface area (Å²) in [7, 11) is 0. The normalized spacial score (nSPS) is 10.3. The number of aryl methyl sites for hydroxylation is 1. The van der Waals surface area contributed by atoms with Crippen LogP contribution in [-0.4, -0.2) is 4.98 Å². The minimum atomic E-state index is -0.0657. The number of H-pyrrole nitrogens is 1. The van der Waals surface area contributed by atoms with Gasteiger partial charge in [-0.1, -0.05) is 18.2 Å². The number of aromatic nitrogens is 1. The van der Waals surface area contributed by atoms with Gasteiger partial charge in [0.05, 0.1) is 0 Å². The molecule has 0 unspecified atom stereocenters. The van der Waals surface area contributed by atoms with Gasteiger partial charge in [0.25, 0.3) is 0 Å². The van der Waals surface area contributed by atoms with Crippen molar-refractivity contribution >= 4 is 0 Å². The molecule has 0 saturated carbocycles. The van der Waals surface area contributed by atoms with Crippen molar-refractivity contribution < 1.29 is 0 Å². The Balaban J connectivity index is 2.59. The van der Waals surface area contributed by atoms with Crippen LogP contribution in [0.3, 0.4) is 0 Å². The summed E-state index contributed by atoms with van der Waals surface area (Å²) >= 11 is 0. The quantitative estimate of drug-likeness (QED) is 0.752. The minimum Gasteiger partial charge on any atom is -0.328 e. The monoisotopic (exact) mass is 199 g/mol. The van der Waals surface area contributed by atoms with Crippen molar-refractivity contribution in [2.45, 2.75) is 13.8 Å². The van der Waals surface area contributed by atoms with Crippen LogP contribution in [0.15, 0.2) is 41.3 Å². The van der Waals surface area contributed by atoms with Gasteiger partial charge < -0.3 is 4.98 Å². The standard InChI is InChI=1S/C13H13NO/c1-9-4-3-5-12(10(9)2)11-6-7-13(15)14-8-11/h3-8H,1-2H3,(H,14,15). The Kier molecular flexibility index (Phi) is 2.42. The highest BCUT2D eigenvalue weighted by atomic mass is 16.1. The maximum atomic E-state index is 10.9. The van der Waals surface area contributed by atoms with E-state index in [1.807, 2.05) is 12.1 Å². The number of pyridine rings is 1. The van der Waals surface area contributed by atoms with Gasteiger partial charge >= 0.3 is 0 Å². The van der Waals surface area contributed by atoms with Crippen LogP contribution < -0.4 is 5.56 Å². The van der Waals surface area contributed by atoms with E-state index < -0.39 is 0 Å². The second-order valence-electron chi connectivity index (χ2n) is 3.69. The van der Waals surface area contributed by atoms with E-state index in [4.69, 9.17) is 0 Å². The van der Waals surface area contributed by atoms with Crippen LogP contribution in [0.1, 0.15) is 11.1 Å². The van der Waals surface area contributed by atoms with E-state index in [1.54, 1.807) is 12.3 Å². The van der Waals surface area contributed by atoms with Crippen molar-refractivity contribution in [3.63, 3.8) is 0 Å². The molecule has 1 aromatic heterocycles. The third-order valence-corrected chi connectivity index (χ3v) is 2.70. The van der Waals surface area contributed by atoms with E-state index in [0.717, 1.165) is 5.56 Å². The maximum absolute atomic E-state index is 10.9. The Labute approximate surface area is 88.6 Å². The molecule has 2 aromatic rings. The first-order chi connectivity index (χ1) is 7.18. The lowest BCUT2D eigenvalue weighted by Crippen LogP contribution is -2.01. The van der Waals surface area contributed by atoms with E-state index in [1.165, 1.54) is 16.7 Å². The SMILES string of the molecule is Cc1cccc(-c2ccc(=O)[nH]c2)c1C. The van der Waals surface area contributed by atoms with Gasteiger partial charge in [0, 0.05) is 12.3 Å². The van der Waals surface area contributed by atoms with Crippen LogP contribution in [0, 0.1) is 13.8 Å². The molecule has 0 atom stereocenters. The number of nitrogens with one attached hydrogen (secondary N) is 1. The van der Waals surface area contributed by atoms with Crippen molar-refractivity contribution in [2.24, 2.45) is 0 Å². The first-order valence-electron chi connectivity index (χ1n) is 4.94. The summed E-state index contributed by atoms with van der Waals surface area (Å²) in [6, 6.07) is 9.58. The second kappa shape index (κ2) is 3.73. The third-order valence-electron chi connectivity index (χ3n) is 2.70. The topological polar surface area (TPSA) is 32.9 Å². The summed E-state index contributed by atoms with van der Waals surface area (Å²) in [6.45, 7) is 4.18. The van der Waals surface area contributed by atoms with Crippen molar-refractivity contribution in [3.8, 4) is 11.1 Å². The van der Waals surface area contributed by atoms with E-state index >= 15 is 0 Å². The summed E-state index contributed by atoms with van der Waals surface area (Å²) in [5, 5.41) is 0. The maximum Gasteiger partial charge on any atom is 0.247 e. The lowest BCUT2D eigenvalue weighted by atomic mass is 9.98. The average Bonchev–Trinajstić information content (AvgIpc) is 2.24. The number of hydrogen-bond donors (Lipinski definition) is 1. The van der Waals surface area contributed by atoms with E-state index in [-0.39, 0.29) is 5.56 Å². The highest BCUT2D eigenvalue weighted by molar-refractivity contribution is 5.67. The van der Waals surface area contributed by atoms with Crippen LogP contribution in [0.4, 0.5) is 0 Å². The molecular formula is C13H13NO. The summed E-state index contributed by atoms with van der Waals surface area (Å²) in [6.07, 6.45) is 1.75. The Bertz CT molecular complexity index is 520. The molecule has 1 N–H and O–H groups in total. The Morgan fingerprint density at radius 3 is 2.53 bits per heavy atom. The fraction of sp³-hybridized carbons (Fsp3) is 0.154. The van der Waals surface area contributed by atoms with Gasteiger partial charge in [0.15, 0.2) is 0 Å². The first-order valence-corrected chi connectivity index (χ1v) is 4.94. The molecule has 0 fully saturated rings. The molecule has 0 bridgehead atoms. The predicted octanol–water partition coefficient (Wildman–Crippen LogP) is 2.66. The van der Waals surface area contributed by atoms with Crippen LogP contribution in [0.5, 0.6) is 0 Å². The zero-order valence-corrected chi connectivity index (χ0v) is 8.87. The van der Waals surface area contributed by atoms with E-state index in [2.05, 4.69) is 31.0 Å². The summed E-state index contributed by atoms with van der Waals surface area (Å²) < 4.78 is 0. The molecule has 0 aliphatic rings. The van der Waals surface area contributed by atoms with Gasteiger partial charge in [0.2, 0.25) is 5.56 Å². The second-order valence-corrected chi connectivity index (χ2v) is 3.69. The fourth-order valence-corrected chi connectivity index (χ4v) is 1.64. The van der Waals surface area contributed by atoms with Crippen LogP contribution in [0.2, 0.25) is 0 Å². The number of hydrogen-bond acceptors (Lipinski definition) is 1. The van der Waals surface area contributed by atoms with Crippen LogP contribution in [-0.2, 0) is 0 Å². The minimum absolute atomic E-state index is 0.0657. The molecule has 0 radical (unpaired) electrons. The molecule has 15 heavy (non-hydrogen) atoms. The van der Waals surface area contributed by atoms with Gasteiger partial charge in [-0.25, -0.2) is 0 Å². The van der Waals surface area contributed by atoms with Gasteiger partial charge in [-0.15, -0.1) is 0 Å². The van der Waals surface area contributed by atoms with E-state index in [9.17, 15) is 4.79 Å². The van der Waals surface area contributed by atoms with E-state index in [0.29, 0.717) is 0 Å². The lowest BCUT2D eigenvalue weighted by molar-refractivity contribution is 1.23. The Hall–Kier alpha value is -1.83. The molecule has 76 valence electrons. The van der Waals surface area contributed by atoms with Gasteiger partial charge in [-0.05, 0) is 42.2 Å². The lowest BCUT2D eigenvalue weighted by Gasteiger charge is -2.07. The van der Waals surface area contributed by atoms with Crippen LogP contribution >= 0.6 is 0 Å². The number of rotatable bonds is 1. The van der Waals surface area contributed by atoms with Crippen LogP contribution in [0.25, 0.3) is 11.1 Å². The molecular weight excluding hydrogens is 186 g/mol. The van der Waals surface area contributed by atoms with Crippen molar-refractivity contribution in [2.75, 3.05) is 0 Å². The van der Waals surface area contributed by atoms with Crippen molar-refractivity contribution in [1.29, 1.82) is 0 Å². The molecule has 0 spiro atoms. The molecule has 0 aliphatic heterocycles. The summed E-state index contributed by atoms with van der Waals surface area (Å²) in [5.74, 6) is 0. The molecule has 1 heterocycles. The average molecular weight is 199 g/mol. The third kappa shape index (κ3) is 1.84. The van der Waals surface area contributed by atoms with Gasteiger partial charge in [0.1, 0.15) is 0 Å². The molecule has 0 aliphatic carbocycles. The number of benzene rings is 1. The highest BCUT2D eigenvalue weighted by Crippen LogP contribution is 2.23. The highest BCUT2D eigenvalue weighted by Gasteiger charge is 2.02. The first kappa shape index (κ1) is 9.71. The predicted molar refractivity (Wildman–Crippen MR) is 62.0 cm³/mol. The molecule has 1 aromatic carbocycles.